The van der Waals surface area contributed by atoms with Gasteiger partial charge in [-0.25, -0.2) is 9.79 Å². The van der Waals surface area contributed by atoms with Gasteiger partial charge < -0.3 is 14.2 Å². The average molecular weight is 563 g/mol. The van der Waals surface area contributed by atoms with Gasteiger partial charge in [-0.2, -0.15) is 0 Å². The van der Waals surface area contributed by atoms with Crippen molar-refractivity contribution in [3.8, 4) is 11.5 Å². The van der Waals surface area contributed by atoms with Crippen molar-refractivity contribution >= 4 is 50.6 Å². The SMILES string of the molecule is CCOC(=O)C1=C(C)N=c2sc(=Cc3cc(OCC)c(OC)cc3Br)c(=O)n2[C@H]1c1cccs1. The molecule has 1 atom stereocenters. The quantitative estimate of drug-likeness (QED) is 0.406. The van der Waals surface area contributed by atoms with Gasteiger partial charge in [-0.05, 0) is 56.0 Å². The Hall–Kier alpha value is -2.69. The van der Waals surface area contributed by atoms with Gasteiger partial charge in [0.15, 0.2) is 16.3 Å². The van der Waals surface area contributed by atoms with E-state index in [2.05, 4.69) is 20.9 Å². The average Bonchev–Trinajstić information content (AvgIpc) is 3.44. The molecule has 0 bridgehead atoms. The molecule has 34 heavy (non-hydrogen) atoms. The molecule has 0 fully saturated rings. The molecule has 1 aromatic carbocycles. The number of halogens is 1. The van der Waals surface area contributed by atoms with Crippen LogP contribution < -0.4 is 24.4 Å². The van der Waals surface area contributed by atoms with E-state index in [0.717, 1.165) is 14.9 Å². The van der Waals surface area contributed by atoms with Crippen LogP contribution >= 0.6 is 38.6 Å². The van der Waals surface area contributed by atoms with Crippen LogP contribution in [0.2, 0.25) is 0 Å². The van der Waals surface area contributed by atoms with Crippen molar-refractivity contribution in [1.82, 2.24) is 4.57 Å². The topological polar surface area (TPSA) is 79.1 Å². The first-order chi connectivity index (χ1) is 16.4. The predicted octanol–water partition coefficient (Wildman–Crippen LogP) is 4.03. The highest BCUT2D eigenvalue weighted by Gasteiger charge is 2.33. The minimum Gasteiger partial charge on any atom is -0.493 e. The van der Waals surface area contributed by atoms with Crippen molar-refractivity contribution in [3.63, 3.8) is 0 Å². The zero-order valence-electron chi connectivity index (χ0n) is 19.1. The fraction of sp³-hybridized carbons (Fsp3) is 0.292. The number of fused-ring (bicyclic) bond motifs is 1. The number of thiophene rings is 1. The summed E-state index contributed by atoms with van der Waals surface area (Å²) in [5.74, 6) is 0.722. The third kappa shape index (κ3) is 4.49. The van der Waals surface area contributed by atoms with Crippen LogP contribution in [0.25, 0.3) is 6.08 Å². The number of ether oxygens (including phenoxy) is 3. The molecule has 0 amide bonds. The molecule has 4 rings (SSSR count). The lowest BCUT2D eigenvalue weighted by atomic mass is 10.0. The van der Waals surface area contributed by atoms with E-state index >= 15 is 0 Å². The summed E-state index contributed by atoms with van der Waals surface area (Å²) in [4.78, 5) is 32.5. The monoisotopic (exact) mass is 562 g/mol. The molecule has 0 aliphatic carbocycles. The number of methoxy groups -OCH3 is 1. The standard InChI is InChI=1S/C24H23BrN2O5S2/c1-5-31-17-10-14(15(25)12-16(17)30-4)11-19-22(28)27-21(18-8-7-9-33-18)20(23(29)32-6-2)13(3)26-24(27)34-19/h7-12,21H,5-6H2,1-4H3/t21-/m0/s1. The predicted molar refractivity (Wildman–Crippen MR) is 137 cm³/mol. The normalized spacial score (nSPS) is 15.7. The van der Waals surface area contributed by atoms with Crippen molar-refractivity contribution in [2.24, 2.45) is 4.99 Å². The van der Waals surface area contributed by atoms with Crippen molar-refractivity contribution in [1.29, 1.82) is 0 Å². The van der Waals surface area contributed by atoms with Gasteiger partial charge in [0.25, 0.3) is 5.56 Å². The van der Waals surface area contributed by atoms with Crippen molar-refractivity contribution < 1.29 is 19.0 Å². The lowest BCUT2D eigenvalue weighted by molar-refractivity contribution is -0.139. The number of thiazole rings is 1. The smallest absolute Gasteiger partial charge is 0.338 e. The van der Waals surface area contributed by atoms with Gasteiger partial charge in [-0.1, -0.05) is 33.3 Å². The minimum absolute atomic E-state index is 0.225. The zero-order valence-corrected chi connectivity index (χ0v) is 22.3. The number of allylic oxidation sites excluding steroid dienone is 1. The molecule has 0 spiro atoms. The summed E-state index contributed by atoms with van der Waals surface area (Å²) in [5.41, 5.74) is 1.47. The molecule has 7 nitrogen and oxygen atoms in total. The zero-order chi connectivity index (χ0) is 24.4. The summed E-state index contributed by atoms with van der Waals surface area (Å²) >= 11 is 6.33. The van der Waals surface area contributed by atoms with Gasteiger partial charge in [-0.3, -0.25) is 9.36 Å². The van der Waals surface area contributed by atoms with Crippen LogP contribution in [-0.2, 0) is 9.53 Å². The molecule has 0 radical (unpaired) electrons. The van der Waals surface area contributed by atoms with Crippen molar-refractivity contribution in [2.45, 2.75) is 26.8 Å². The Morgan fingerprint density at radius 3 is 2.71 bits per heavy atom. The second-order valence-corrected chi connectivity index (χ2v) is 10.1. The molecule has 0 unspecified atom stereocenters. The fourth-order valence-electron chi connectivity index (χ4n) is 3.74. The summed E-state index contributed by atoms with van der Waals surface area (Å²) < 4.78 is 19.2. The van der Waals surface area contributed by atoms with E-state index in [9.17, 15) is 9.59 Å². The van der Waals surface area contributed by atoms with Crippen LogP contribution in [-0.4, -0.2) is 30.9 Å². The van der Waals surface area contributed by atoms with E-state index in [1.54, 1.807) is 31.6 Å². The highest BCUT2D eigenvalue weighted by molar-refractivity contribution is 9.10. The number of aromatic nitrogens is 1. The fourth-order valence-corrected chi connectivity index (χ4v) is 6.04. The molecule has 0 saturated carbocycles. The third-order valence-electron chi connectivity index (χ3n) is 5.20. The lowest BCUT2D eigenvalue weighted by Gasteiger charge is -2.23. The number of benzene rings is 1. The van der Waals surface area contributed by atoms with E-state index in [4.69, 9.17) is 14.2 Å². The molecular formula is C24H23BrN2O5S2. The molecule has 1 aliphatic rings. The highest BCUT2D eigenvalue weighted by Crippen LogP contribution is 2.35. The number of rotatable bonds is 7. The van der Waals surface area contributed by atoms with Crippen LogP contribution in [0.4, 0.5) is 0 Å². The van der Waals surface area contributed by atoms with Crippen molar-refractivity contribution in [3.05, 3.63) is 75.5 Å². The van der Waals surface area contributed by atoms with E-state index in [0.29, 0.717) is 38.7 Å². The minimum atomic E-state index is -0.587. The molecule has 2 aromatic heterocycles. The Labute approximate surface area is 212 Å². The Morgan fingerprint density at radius 2 is 2.06 bits per heavy atom. The van der Waals surface area contributed by atoms with Crippen LogP contribution in [0.3, 0.4) is 0 Å². The number of hydrogen-bond donors (Lipinski definition) is 0. The molecule has 178 valence electrons. The number of carbonyl (C=O) groups excluding carboxylic acids is 1. The maximum absolute atomic E-state index is 13.6. The van der Waals surface area contributed by atoms with E-state index in [1.165, 1.54) is 22.7 Å². The van der Waals surface area contributed by atoms with Gasteiger partial charge in [0, 0.05) is 9.35 Å². The van der Waals surface area contributed by atoms with Gasteiger partial charge in [0.1, 0.15) is 6.04 Å². The Balaban J connectivity index is 1.92. The second-order valence-electron chi connectivity index (χ2n) is 7.28. The molecule has 10 heteroatoms. The first kappa shape index (κ1) is 24.4. The van der Waals surface area contributed by atoms with Gasteiger partial charge in [0.2, 0.25) is 0 Å². The van der Waals surface area contributed by atoms with Gasteiger partial charge in [-0.15, -0.1) is 11.3 Å². The number of carbonyl (C=O) groups is 1. The van der Waals surface area contributed by atoms with Crippen LogP contribution in [0.5, 0.6) is 11.5 Å². The first-order valence-corrected chi connectivity index (χ1v) is 13.1. The summed E-state index contributed by atoms with van der Waals surface area (Å²) in [6.45, 7) is 6.15. The Morgan fingerprint density at radius 1 is 1.26 bits per heavy atom. The van der Waals surface area contributed by atoms with Crippen LogP contribution in [0, 0.1) is 0 Å². The summed E-state index contributed by atoms with van der Waals surface area (Å²) in [5, 5.41) is 1.92. The second kappa shape index (κ2) is 10.3. The Kier molecular flexibility index (Phi) is 7.39. The summed E-state index contributed by atoms with van der Waals surface area (Å²) in [6.07, 6.45) is 1.80. The molecular weight excluding hydrogens is 540 g/mol. The number of nitrogens with zero attached hydrogens (tertiary/aromatic N) is 2. The largest absolute Gasteiger partial charge is 0.493 e. The molecule has 0 N–H and O–H groups in total. The van der Waals surface area contributed by atoms with Crippen molar-refractivity contribution in [2.75, 3.05) is 20.3 Å². The third-order valence-corrected chi connectivity index (χ3v) is 7.79. The molecule has 3 heterocycles. The van der Waals surface area contributed by atoms with Gasteiger partial charge >= 0.3 is 5.97 Å². The van der Waals surface area contributed by atoms with Crippen LogP contribution in [0.1, 0.15) is 37.3 Å². The van der Waals surface area contributed by atoms with E-state index in [1.807, 2.05) is 36.6 Å². The maximum Gasteiger partial charge on any atom is 0.338 e. The molecule has 3 aromatic rings. The number of hydrogen-bond acceptors (Lipinski definition) is 8. The first-order valence-electron chi connectivity index (χ1n) is 10.6. The van der Waals surface area contributed by atoms with Gasteiger partial charge in [0.05, 0.1) is 36.1 Å². The Bertz CT molecular complexity index is 1440. The molecule has 0 saturated heterocycles. The summed E-state index contributed by atoms with van der Waals surface area (Å²) in [7, 11) is 1.58. The molecule has 1 aliphatic heterocycles. The lowest BCUT2D eigenvalue weighted by Crippen LogP contribution is -2.39. The maximum atomic E-state index is 13.6. The van der Waals surface area contributed by atoms with Crippen LogP contribution in [0.15, 0.2) is 55.2 Å². The highest BCUT2D eigenvalue weighted by atomic mass is 79.9. The van der Waals surface area contributed by atoms with E-state index in [-0.39, 0.29) is 12.2 Å². The number of esters is 1. The van der Waals surface area contributed by atoms with E-state index < -0.39 is 12.0 Å². The summed E-state index contributed by atoms with van der Waals surface area (Å²) in [6, 6.07) is 6.87.